The normalized spacial score (nSPS) is 10.8. The van der Waals surface area contributed by atoms with E-state index in [1.165, 1.54) is 6.08 Å². The maximum absolute atomic E-state index is 12.3. The van der Waals surface area contributed by atoms with Gasteiger partial charge in [-0.2, -0.15) is 5.26 Å². The molecular formula is C24H27N3O3. The zero-order valence-electron chi connectivity index (χ0n) is 17.9. The number of nitriles is 1. The van der Waals surface area contributed by atoms with Crippen molar-refractivity contribution in [1.29, 1.82) is 5.26 Å². The molecule has 0 heterocycles. The highest BCUT2D eigenvalue weighted by atomic mass is 16.5. The summed E-state index contributed by atoms with van der Waals surface area (Å²) in [5.41, 5.74) is 4.34. The van der Waals surface area contributed by atoms with Crippen LogP contribution in [-0.4, -0.2) is 32.6 Å². The molecule has 0 aliphatic rings. The van der Waals surface area contributed by atoms with Crippen LogP contribution in [-0.2, 0) is 27.2 Å². The van der Waals surface area contributed by atoms with Crippen molar-refractivity contribution in [1.82, 2.24) is 0 Å². The van der Waals surface area contributed by atoms with Gasteiger partial charge >= 0.3 is 5.97 Å². The first-order valence-corrected chi connectivity index (χ1v) is 9.86. The van der Waals surface area contributed by atoms with Crippen LogP contribution in [0, 0.1) is 11.3 Å². The summed E-state index contributed by atoms with van der Waals surface area (Å²) >= 11 is 0. The molecule has 0 aliphatic heterocycles. The van der Waals surface area contributed by atoms with Crippen molar-refractivity contribution in [3.63, 3.8) is 0 Å². The summed E-state index contributed by atoms with van der Waals surface area (Å²) < 4.78 is 5.06. The molecular weight excluding hydrogens is 378 g/mol. The molecule has 0 atom stereocenters. The van der Waals surface area contributed by atoms with Crippen LogP contribution in [0.5, 0.6) is 0 Å². The van der Waals surface area contributed by atoms with Crippen LogP contribution in [0.4, 0.5) is 11.4 Å². The lowest BCUT2D eigenvalue weighted by atomic mass is 10.0. The topological polar surface area (TPSA) is 82.4 Å². The van der Waals surface area contributed by atoms with Crippen molar-refractivity contribution < 1.29 is 14.3 Å². The molecule has 0 radical (unpaired) electrons. The van der Waals surface area contributed by atoms with Crippen molar-refractivity contribution in [3.8, 4) is 6.07 Å². The summed E-state index contributed by atoms with van der Waals surface area (Å²) in [6, 6.07) is 15.1. The molecule has 30 heavy (non-hydrogen) atoms. The SMILES string of the molecule is CCc1cccc(CC)c1NC(=O)COC(=O)/C(C#N)=C/c1ccc(N(C)C)cc1. The number of esters is 1. The fraction of sp³-hybridized carbons (Fsp3) is 0.292. The molecule has 0 spiro atoms. The molecule has 0 aromatic heterocycles. The largest absolute Gasteiger partial charge is 0.451 e. The molecule has 2 aromatic rings. The second kappa shape index (κ2) is 10.8. The summed E-state index contributed by atoms with van der Waals surface area (Å²) in [6.45, 7) is 3.57. The number of carbonyl (C=O) groups excluding carboxylic acids is 2. The molecule has 1 amide bonds. The van der Waals surface area contributed by atoms with Gasteiger partial charge in [0.15, 0.2) is 6.61 Å². The number of nitrogens with zero attached hydrogens (tertiary/aromatic N) is 2. The van der Waals surface area contributed by atoms with Crippen molar-refractivity contribution in [3.05, 3.63) is 64.7 Å². The Kier molecular flexibility index (Phi) is 8.18. The Balaban J connectivity index is 2.03. The van der Waals surface area contributed by atoms with E-state index in [1.807, 2.05) is 69.2 Å². The van der Waals surface area contributed by atoms with E-state index in [0.29, 0.717) is 5.56 Å². The molecule has 0 saturated carbocycles. The van der Waals surface area contributed by atoms with Gasteiger partial charge in [-0.05, 0) is 47.7 Å². The molecule has 0 bridgehead atoms. The second-order valence-electron chi connectivity index (χ2n) is 6.94. The van der Waals surface area contributed by atoms with Gasteiger partial charge < -0.3 is 15.0 Å². The molecule has 0 aliphatic carbocycles. The Morgan fingerprint density at radius 2 is 1.67 bits per heavy atom. The number of anilines is 2. The lowest BCUT2D eigenvalue weighted by molar-refractivity contribution is -0.142. The first kappa shape index (κ1) is 22.7. The first-order chi connectivity index (χ1) is 14.4. The van der Waals surface area contributed by atoms with Gasteiger partial charge in [-0.25, -0.2) is 4.79 Å². The maximum Gasteiger partial charge on any atom is 0.349 e. The van der Waals surface area contributed by atoms with Gasteiger partial charge in [0.2, 0.25) is 0 Å². The monoisotopic (exact) mass is 405 g/mol. The van der Waals surface area contributed by atoms with Crippen molar-refractivity contribution in [2.24, 2.45) is 0 Å². The van der Waals surface area contributed by atoms with Gasteiger partial charge in [-0.15, -0.1) is 0 Å². The minimum Gasteiger partial charge on any atom is -0.451 e. The lowest BCUT2D eigenvalue weighted by Crippen LogP contribution is -2.22. The van der Waals surface area contributed by atoms with E-state index >= 15 is 0 Å². The number of amides is 1. The van der Waals surface area contributed by atoms with E-state index in [9.17, 15) is 14.9 Å². The van der Waals surface area contributed by atoms with Crippen molar-refractivity contribution in [2.45, 2.75) is 26.7 Å². The van der Waals surface area contributed by atoms with Crippen LogP contribution in [0.3, 0.4) is 0 Å². The Hall–Kier alpha value is -3.59. The fourth-order valence-corrected chi connectivity index (χ4v) is 2.96. The van der Waals surface area contributed by atoms with Gasteiger partial charge in [0, 0.05) is 25.5 Å². The zero-order valence-corrected chi connectivity index (χ0v) is 17.9. The van der Waals surface area contributed by atoms with Gasteiger partial charge in [-0.1, -0.05) is 44.2 Å². The van der Waals surface area contributed by atoms with Crippen molar-refractivity contribution >= 4 is 29.3 Å². The predicted octanol–water partition coefficient (Wildman–Crippen LogP) is 3.97. The quantitative estimate of drug-likeness (QED) is 0.408. The fourth-order valence-electron chi connectivity index (χ4n) is 2.96. The summed E-state index contributed by atoms with van der Waals surface area (Å²) in [6.07, 6.45) is 3.00. The minimum absolute atomic E-state index is 0.163. The second-order valence-corrected chi connectivity index (χ2v) is 6.94. The number of hydrogen-bond acceptors (Lipinski definition) is 5. The van der Waals surface area contributed by atoms with Gasteiger partial charge in [0.1, 0.15) is 11.6 Å². The number of nitrogens with one attached hydrogen (secondary N) is 1. The third-order valence-electron chi connectivity index (χ3n) is 4.66. The summed E-state index contributed by atoms with van der Waals surface area (Å²) in [7, 11) is 3.85. The molecule has 0 saturated heterocycles. The van der Waals surface area contributed by atoms with Crippen LogP contribution < -0.4 is 10.2 Å². The zero-order chi connectivity index (χ0) is 22.1. The molecule has 2 rings (SSSR count). The van der Waals surface area contributed by atoms with E-state index in [1.54, 1.807) is 12.1 Å². The van der Waals surface area contributed by atoms with Crippen LogP contribution in [0.2, 0.25) is 0 Å². The summed E-state index contributed by atoms with van der Waals surface area (Å²) in [4.78, 5) is 26.5. The Labute approximate surface area is 177 Å². The number of hydrogen-bond donors (Lipinski definition) is 1. The molecule has 0 unspecified atom stereocenters. The number of para-hydroxylation sites is 1. The smallest absolute Gasteiger partial charge is 0.349 e. The number of benzene rings is 2. The van der Waals surface area contributed by atoms with E-state index in [0.717, 1.165) is 35.3 Å². The maximum atomic E-state index is 12.3. The number of aryl methyl sites for hydroxylation is 2. The van der Waals surface area contributed by atoms with Gasteiger partial charge in [0.25, 0.3) is 5.91 Å². The Morgan fingerprint density at radius 3 is 2.17 bits per heavy atom. The molecule has 1 N–H and O–H groups in total. The molecule has 2 aromatic carbocycles. The molecule has 0 fully saturated rings. The average molecular weight is 405 g/mol. The average Bonchev–Trinajstić information content (AvgIpc) is 2.76. The Morgan fingerprint density at radius 1 is 1.07 bits per heavy atom. The third kappa shape index (κ3) is 5.95. The number of rotatable bonds is 8. The highest BCUT2D eigenvalue weighted by Gasteiger charge is 2.15. The highest BCUT2D eigenvalue weighted by molar-refractivity contribution is 6.00. The lowest BCUT2D eigenvalue weighted by Gasteiger charge is -2.14. The van der Waals surface area contributed by atoms with E-state index in [4.69, 9.17) is 4.74 Å². The van der Waals surface area contributed by atoms with Gasteiger partial charge in [-0.3, -0.25) is 4.79 Å². The number of carbonyl (C=O) groups is 2. The van der Waals surface area contributed by atoms with Crippen LogP contribution >= 0.6 is 0 Å². The molecule has 156 valence electrons. The minimum atomic E-state index is -0.830. The van der Waals surface area contributed by atoms with Crippen molar-refractivity contribution in [2.75, 3.05) is 30.9 Å². The highest BCUT2D eigenvalue weighted by Crippen LogP contribution is 2.22. The van der Waals surface area contributed by atoms with Crippen LogP contribution in [0.25, 0.3) is 6.08 Å². The van der Waals surface area contributed by atoms with E-state index < -0.39 is 18.5 Å². The van der Waals surface area contributed by atoms with Gasteiger partial charge in [0.05, 0.1) is 0 Å². The predicted molar refractivity (Wildman–Crippen MR) is 119 cm³/mol. The van der Waals surface area contributed by atoms with Crippen LogP contribution in [0.15, 0.2) is 48.0 Å². The summed E-state index contributed by atoms with van der Waals surface area (Å²) in [5.74, 6) is -1.27. The summed E-state index contributed by atoms with van der Waals surface area (Å²) in [5, 5.41) is 12.1. The van der Waals surface area contributed by atoms with E-state index in [-0.39, 0.29) is 5.57 Å². The van der Waals surface area contributed by atoms with E-state index in [2.05, 4.69) is 5.32 Å². The van der Waals surface area contributed by atoms with Crippen LogP contribution in [0.1, 0.15) is 30.5 Å². The Bertz CT molecular complexity index is 948. The third-order valence-corrected chi connectivity index (χ3v) is 4.66. The number of ether oxygens (including phenoxy) is 1. The standard InChI is InChI=1S/C24H27N3O3/c1-5-18-8-7-9-19(6-2)23(18)26-22(28)16-30-24(29)20(15-25)14-17-10-12-21(13-11-17)27(3)4/h7-14H,5-6,16H2,1-4H3,(H,26,28)/b20-14+. The molecule has 6 nitrogen and oxygen atoms in total. The first-order valence-electron chi connectivity index (χ1n) is 9.86. The molecule has 6 heteroatoms.